The van der Waals surface area contributed by atoms with Crippen LogP contribution in [0.15, 0.2) is 78.2 Å². The molecule has 0 atom stereocenters. The largest absolute Gasteiger partial charge is 0.294 e. The fourth-order valence-electron chi connectivity index (χ4n) is 2.19. The zero-order valence-electron chi connectivity index (χ0n) is 11.9. The van der Waals surface area contributed by atoms with Crippen molar-refractivity contribution in [3.8, 4) is 0 Å². The minimum absolute atomic E-state index is 0.117. The molecule has 0 aliphatic carbocycles. The van der Waals surface area contributed by atoms with E-state index in [2.05, 4.69) is 9.97 Å². The molecule has 3 rings (SSSR count). The van der Waals surface area contributed by atoms with Crippen molar-refractivity contribution in [1.82, 2.24) is 9.97 Å². The summed E-state index contributed by atoms with van der Waals surface area (Å²) in [4.78, 5) is 8.23. The predicted octanol–water partition coefficient (Wildman–Crippen LogP) is 1.48. The van der Waals surface area contributed by atoms with Crippen LogP contribution in [0.1, 0.15) is 0 Å². The molecule has 0 saturated carbocycles. The van der Waals surface area contributed by atoms with Gasteiger partial charge >= 0.3 is 0 Å². The number of hydrogen-bond acceptors (Lipinski definition) is 4. The number of aromatic nitrogens is 2. The summed E-state index contributed by atoms with van der Waals surface area (Å²) in [6.07, 6.45) is 7.02. The highest BCUT2D eigenvalue weighted by Gasteiger charge is 2.18. The molecule has 2 aromatic heterocycles. The van der Waals surface area contributed by atoms with E-state index in [-0.39, 0.29) is 4.90 Å². The van der Waals surface area contributed by atoms with Gasteiger partial charge in [0.2, 0.25) is 0 Å². The third kappa shape index (κ3) is 3.62. The van der Waals surface area contributed by atoms with Crippen LogP contribution >= 0.6 is 7.92 Å². The average Bonchev–Trinajstić information content (AvgIpc) is 2.57. The molecule has 116 valence electrons. The van der Waals surface area contributed by atoms with Crippen molar-refractivity contribution in [2.45, 2.75) is 4.90 Å². The van der Waals surface area contributed by atoms with Crippen LogP contribution in [0.5, 0.6) is 0 Å². The van der Waals surface area contributed by atoms with Gasteiger partial charge in [0, 0.05) is 35.4 Å². The standard InChI is InChI=1S/C16H13N2O3PS/c19-23(20,21)16-7-5-13(6-8-16)22(14-3-1-9-17-11-14)15-4-2-10-18-12-15/h1-12H,(H,19,20,21). The van der Waals surface area contributed by atoms with E-state index in [4.69, 9.17) is 4.55 Å². The first-order chi connectivity index (χ1) is 11.1. The molecule has 0 aliphatic rings. The van der Waals surface area contributed by atoms with E-state index in [1.165, 1.54) is 12.1 Å². The van der Waals surface area contributed by atoms with Gasteiger partial charge in [0.05, 0.1) is 4.90 Å². The van der Waals surface area contributed by atoms with Crippen LogP contribution in [-0.4, -0.2) is 22.9 Å². The van der Waals surface area contributed by atoms with Crippen molar-refractivity contribution in [2.75, 3.05) is 0 Å². The van der Waals surface area contributed by atoms with E-state index in [9.17, 15) is 8.42 Å². The Morgan fingerprint density at radius 3 is 1.70 bits per heavy atom. The number of benzene rings is 1. The average molecular weight is 344 g/mol. The summed E-state index contributed by atoms with van der Waals surface area (Å²) < 4.78 is 31.5. The molecule has 7 heteroatoms. The van der Waals surface area contributed by atoms with Crippen molar-refractivity contribution in [3.63, 3.8) is 0 Å². The molecule has 0 spiro atoms. The molecule has 0 saturated heterocycles. The summed E-state index contributed by atoms with van der Waals surface area (Å²) in [6.45, 7) is 0. The van der Waals surface area contributed by atoms with Crippen molar-refractivity contribution in [1.29, 1.82) is 0 Å². The lowest BCUT2D eigenvalue weighted by atomic mass is 10.4. The Kier molecular flexibility index (Phi) is 4.48. The molecular weight excluding hydrogens is 331 g/mol. The fraction of sp³-hybridized carbons (Fsp3) is 0. The lowest BCUT2D eigenvalue weighted by Gasteiger charge is -2.18. The second-order valence-corrected chi connectivity index (χ2v) is 8.37. The Morgan fingerprint density at radius 2 is 1.30 bits per heavy atom. The van der Waals surface area contributed by atoms with Crippen LogP contribution in [-0.2, 0) is 10.1 Å². The van der Waals surface area contributed by atoms with E-state index < -0.39 is 18.0 Å². The Bertz CT molecular complexity index is 846. The van der Waals surface area contributed by atoms with Crippen molar-refractivity contribution in [3.05, 3.63) is 73.3 Å². The Labute approximate surface area is 135 Å². The number of pyridine rings is 2. The number of nitrogens with zero attached hydrogens (tertiary/aromatic N) is 2. The molecule has 0 bridgehead atoms. The molecule has 0 aliphatic heterocycles. The maximum atomic E-state index is 11.2. The summed E-state index contributed by atoms with van der Waals surface area (Å²) >= 11 is 0. The van der Waals surface area contributed by atoms with Gasteiger partial charge in [-0.1, -0.05) is 24.3 Å². The summed E-state index contributed by atoms with van der Waals surface area (Å²) in [5.74, 6) is 0. The van der Waals surface area contributed by atoms with Crippen LogP contribution in [0.25, 0.3) is 0 Å². The first kappa shape index (κ1) is 15.7. The van der Waals surface area contributed by atoms with E-state index >= 15 is 0 Å². The quantitative estimate of drug-likeness (QED) is 0.573. The fourth-order valence-corrected chi connectivity index (χ4v) is 4.84. The third-order valence-corrected chi connectivity index (χ3v) is 6.45. The SMILES string of the molecule is O=S(=O)(O)c1ccc(P(c2cccnc2)c2cccnc2)cc1. The van der Waals surface area contributed by atoms with Gasteiger partial charge in [-0.05, 0) is 37.5 Å². The highest BCUT2D eigenvalue weighted by molar-refractivity contribution is 7.85. The van der Waals surface area contributed by atoms with Crippen molar-refractivity contribution >= 4 is 34.0 Å². The normalized spacial score (nSPS) is 11.6. The second kappa shape index (κ2) is 6.54. The van der Waals surface area contributed by atoms with Crippen molar-refractivity contribution in [2.24, 2.45) is 0 Å². The summed E-state index contributed by atoms with van der Waals surface area (Å²) in [7, 11) is -5.09. The number of rotatable bonds is 4. The monoisotopic (exact) mass is 344 g/mol. The molecule has 0 fully saturated rings. The molecule has 0 amide bonds. The summed E-state index contributed by atoms with van der Waals surface area (Å²) in [5, 5.41) is 3.03. The van der Waals surface area contributed by atoms with Gasteiger partial charge in [0.25, 0.3) is 10.1 Å². The molecular formula is C16H13N2O3PS. The summed E-state index contributed by atoms with van der Waals surface area (Å²) in [6, 6.07) is 14.0. The topological polar surface area (TPSA) is 80.2 Å². The number of hydrogen-bond donors (Lipinski definition) is 1. The van der Waals surface area contributed by atoms with E-state index in [0.717, 1.165) is 15.9 Å². The Hall–Kier alpha value is -2.14. The zero-order chi connectivity index (χ0) is 16.3. The molecule has 23 heavy (non-hydrogen) atoms. The molecule has 0 unspecified atom stereocenters. The maximum Gasteiger partial charge on any atom is 0.294 e. The maximum absolute atomic E-state index is 11.2. The van der Waals surface area contributed by atoms with E-state index in [1.54, 1.807) is 36.9 Å². The molecule has 1 N–H and O–H groups in total. The molecule has 2 heterocycles. The Balaban J connectivity index is 2.09. The first-order valence-electron chi connectivity index (χ1n) is 6.73. The highest BCUT2D eigenvalue weighted by atomic mass is 32.2. The minimum Gasteiger partial charge on any atom is -0.282 e. The van der Waals surface area contributed by atoms with Crippen LogP contribution in [0.4, 0.5) is 0 Å². The molecule has 5 nitrogen and oxygen atoms in total. The van der Waals surface area contributed by atoms with Crippen molar-refractivity contribution < 1.29 is 13.0 Å². The van der Waals surface area contributed by atoms with Crippen LogP contribution in [0.3, 0.4) is 0 Å². The van der Waals surface area contributed by atoms with Crippen LogP contribution < -0.4 is 15.9 Å². The molecule has 0 radical (unpaired) electrons. The highest BCUT2D eigenvalue weighted by Crippen LogP contribution is 2.32. The minimum atomic E-state index is -4.19. The van der Waals surface area contributed by atoms with Crippen LogP contribution in [0, 0.1) is 0 Å². The van der Waals surface area contributed by atoms with Gasteiger partial charge in [-0.25, -0.2) is 0 Å². The van der Waals surface area contributed by atoms with E-state index in [0.29, 0.717) is 0 Å². The van der Waals surface area contributed by atoms with Gasteiger partial charge in [-0.15, -0.1) is 0 Å². The van der Waals surface area contributed by atoms with Gasteiger partial charge < -0.3 is 0 Å². The second-order valence-electron chi connectivity index (χ2n) is 4.73. The van der Waals surface area contributed by atoms with E-state index in [1.807, 2.05) is 24.3 Å². The third-order valence-electron chi connectivity index (χ3n) is 3.20. The van der Waals surface area contributed by atoms with Gasteiger partial charge in [0.15, 0.2) is 0 Å². The Morgan fingerprint density at radius 1 is 0.783 bits per heavy atom. The first-order valence-corrected chi connectivity index (χ1v) is 9.51. The molecule has 1 aromatic carbocycles. The van der Waals surface area contributed by atoms with Gasteiger partial charge in [-0.2, -0.15) is 8.42 Å². The summed E-state index contributed by atoms with van der Waals surface area (Å²) in [5.41, 5.74) is 0. The predicted molar refractivity (Wildman–Crippen MR) is 90.6 cm³/mol. The van der Waals surface area contributed by atoms with Gasteiger partial charge in [-0.3, -0.25) is 14.5 Å². The zero-order valence-corrected chi connectivity index (χ0v) is 13.7. The van der Waals surface area contributed by atoms with Gasteiger partial charge in [0.1, 0.15) is 0 Å². The van der Waals surface area contributed by atoms with Crippen LogP contribution in [0.2, 0.25) is 0 Å². The molecule has 3 aromatic rings. The lowest BCUT2D eigenvalue weighted by molar-refractivity contribution is 0.483. The lowest BCUT2D eigenvalue weighted by Crippen LogP contribution is -2.21. The smallest absolute Gasteiger partial charge is 0.282 e.